The fraction of sp³-hybridized carbons (Fsp3) is 0.231. The molecule has 6 heteroatoms. The van der Waals surface area contributed by atoms with Crippen LogP contribution in [0.25, 0.3) is 0 Å². The Hall–Kier alpha value is -1.37. The van der Waals surface area contributed by atoms with Crippen molar-refractivity contribution < 1.29 is 13.2 Å². The molecule has 0 unspecified atom stereocenters. The van der Waals surface area contributed by atoms with Crippen LogP contribution in [0.4, 0.5) is 0 Å². The van der Waals surface area contributed by atoms with Gasteiger partial charge in [0.25, 0.3) is 0 Å². The highest BCUT2D eigenvalue weighted by molar-refractivity contribution is 7.89. The van der Waals surface area contributed by atoms with Crippen LogP contribution in [-0.2, 0) is 16.4 Å². The Bertz CT molecular complexity index is 604. The van der Waals surface area contributed by atoms with Crippen molar-refractivity contribution in [1.29, 1.82) is 0 Å². The highest BCUT2D eigenvalue weighted by atomic mass is 32.2. The molecule has 0 saturated heterocycles. The molecular formula is C13H15NO3S2. The molecule has 0 saturated carbocycles. The third kappa shape index (κ3) is 3.79. The summed E-state index contributed by atoms with van der Waals surface area (Å²) in [6, 6.07) is 10.3. The van der Waals surface area contributed by atoms with E-state index in [9.17, 15) is 8.42 Å². The van der Waals surface area contributed by atoms with Crippen LogP contribution in [0.3, 0.4) is 0 Å². The van der Waals surface area contributed by atoms with Crippen LogP contribution in [0.15, 0.2) is 46.7 Å². The van der Waals surface area contributed by atoms with Crippen molar-refractivity contribution in [3.05, 3.63) is 46.7 Å². The number of hydrogen-bond acceptors (Lipinski definition) is 4. The van der Waals surface area contributed by atoms with E-state index < -0.39 is 10.0 Å². The molecule has 1 aromatic heterocycles. The second-order valence-corrected chi connectivity index (χ2v) is 6.70. The zero-order valence-corrected chi connectivity index (χ0v) is 12.1. The van der Waals surface area contributed by atoms with Gasteiger partial charge >= 0.3 is 0 Å². The molecule has 2 rings (SSSR count). The zero-order chi connectivity index (χ0) is 13.7. The molecule has 0 aliphatic rings. The minimum Gasteiger partial charge on any atom is -0.497 e. The van der Waals surface area contributed by atoms with Crippen molar-refractivity contribution >= 4 is 21.4 Å². The summed E-state index contributed by atoms with van der Waals surface area (Å²) in [6.07, 6.45) is 0.701. The third-order valence-corrected chi connectivity index (χ3v) is 5.03. The summed E-state index contributed by atoms with van der Waals surface area (Å²) in [5.41, 5.74) is 0. The van der Waals surface area contributed by atoms with E-state index in [2.05, 4.69) is 4.72 Å². The first-order valence-electron chi connectivity index (χ1n) is 5.78. The number of nitrogens with one attached hydrogen (secondary N) is 1. The third-order valence-electron chi connectivity index (χ3n) is 2.61. The van der Waals surface area contributed by atoms with Crippen LogP contribution in [0.1, 0.15) is 4.88 Å². The van der Waals surface area contributed by atoms with Crippen molar-refractivity contribution in [3.8, 4) is 5.75 Å². The van der Waals surface area contributed by atoms with E-state index in [0.717, 1.165) is 4.88 Å². The lowest BCUT2D eigenvalue weighted by Gasteiger charge is -2.07. The second-order valence-electron chi connectivity index (χ2n) is 3.90. The average molecular weight is 297 g/mol. The molecule has 1 aromatic carbocycles. The first-order valence-corrected chi connectivity index (χ1v) is 8.14. The Balaban J connectivity index is 1.97. The molecule has 102 valence electrons. The van der Waals surface area contributed by atoms with E-state index >= 15 is 0 Å². The van der Waals surface area contributed by atoms with Gasteiger partial charge in [0.1, 0.15) is 5.75 Å². The average Bonchev–Trinajstić information content (AvgIpc) is 2.92. The molecule has 0 spiro atoms. The van der Waals surface area contributed by atoms with Crippen LogP contribution >= 0.6 is 11.3 Å². The number of rotatable bonds is 6. The smallest absolute Gasteiger partial charge is 0.240 e. The summed E-state index contributed by atoms with van der Waals surface area (Å²) in [6.45, 7) is 0.398. The molecule has 0 atom stereocenters. The Morgan fingerprint density at radius 1 is 1.21 bits per heavy atom. The van der Waals surface area contributed by atoms with E-state index in [1.54, 1.807) is 30.6 Å². The van der Waals surface area contributed by atoms with Gasteiger partial charge in [-0.15, -0.1) is 11.3 Å². The predicted octanol–water partition coefficient (Wildman–Crippen LogP) is 2.28. The molecule has 0 aliphatic carbocycles. The van der Waals surface area contributed by atoms with Gasteiger partial charge in [0.05, 0.1) is 12.0 Å². The van der Waals surface area contributed by atoms with Gasteiger partial charge in [-0.3, -0.25) is 0 Å². The number of methoxy groups -OCH3 is 1. The minimum absolute atomic E-state index is 0.250. The number of thiophene rings is 1. The molecule has 0 bridgehead atoms. The van der Waals surface area contributed by atoms with Gasteiger partial charge in [-0.25, -0.2) is 13.1 Å². The van der Waals surface area contributed by atoms with Gasteiger partial charge in [0.15, 0.2) is 0 Å². The van der Waals surface area contributed by atoms with Crippen LogP contribution in [-0.4, -0.2) is 22.1 Å². The number of hydrogen-bond donors (Lipinski definition) is 1. The van der Waals surface area contributed by atoms with Crippen LogP contribution in [0.5, 0.6) is 5.75 Å². The van der Waals surface area contributed by atoms with Crippen molar-refractivity contribution in [2.45, 2.75) is 11.3 Å². The standard InChI is InChI=1S/C13H15NO3S2/c1-17-11-4-6-13(7-5-11)19(15,16)14-9-8-12-3-2-10-18-12/h2-7,10,14H,8-9H2,1H3. The molecule has 1 N–H and O–H groups in total. The molecular weight excluding hydrogens is 282 g/mol. The van der Waals surface area contributed by atoms with Gasteiger partial charge in [0.2, 0.25) is 10.0 Å². The zero-order valence-electron chi connectivity index (χ0n) is 10.5. The van der Waals surface area contributed by atoms with E-state index in [0.29, 0.717) is 18.7 Å². The molecule has 0 radical (unpaired) electrons. The summed E-state index contributed by atoms with van der Waals surface area (Å²) in [7, 11) is -1.89. The topological polar surface area (TPSA) is 55.4 Å². The minimum atomic E-state index is -3.44. The monoisotopic (exact) mass is 297 g/mol. The van der Waals surface area contributed by atoms with Crippen molar-refractivity contribution in [2.75, 3.05) is 13.7 Å². The molecule has 2 aromatic rings. The van der Waals surface area contributed by atoms with Gasteiger partial charge in [-0.2, -0.15) is 0 Å². The summed E-state index contributed by atoms with van der Waals surface area (Å²) in [4.78, 5) is 1.41. The Kier molecular flexibility index (Phi) is 4.57. The number of benzene rings is 1. The summed E-state index contributed by atoms with van der Waals surface area (Å²) in [5.74, 6) is 0.637. The SMILES string of the molecule is COc1ccc(S(=O)(=O)NCCc2cccs2)cc1. The lowest BCUT2D eigenvalue weighted by atomic mass is 10.3. The van der Waals surface area contributed by atoms with E-state index in [-0.39, 0.29) is 4.90 Å². The van der Waals surface area contributed by atoms with Crippen LogP contribution in [0.2, 0.25) is 0 Å². The number of ether oxygens (including phenoxy) is 1. The van der Waals surface area contributed by atoms with Crippen LogP contribution < -0.4 is 9.46 Å². The summed E-state index contributed by atoms with van der Waals surface area (Å²) < 4.78 is 31.6. The second kappa shape index (κ2) is 6.18. The predicted molar refractivity (Wildman–Crippen MR) is 76.2 cm³/mol. The van der Waals surface area contributed by atoms with Crippen LogP contribution in [0, 0.1) is 0 Å². The Morgan fingerprint density at radius 2 is 1.95 bits per heavy atom. The maximum absolute atomic E-state index is 12.0. The lowest BCUT2D eigenvalue weighted by molar-refractivity contribution is 0.414. The maximum Gasteiger partial charge on any atom is 0.240 e. The van der Waals surface area contributed by atoms with Gasteiger partial charge < -0.3 is 4.74 Å². The highest BCUT2D eigenvalue weighted by Gasteiger charge is 2.13. The summed E-state index contributed by atoms with van der Waals surface area (Å²) in [5, 5.41) is 1.98. The fourth-order valence-electron chi connectivity index (χ4n) is 1.60. The first-order chi connectivity index (χ1) is 9.12. The molecule has 19 heavy (non-hydrogen) atoms. The Labute approximate surface area is 117 Å². The lowest BCUT2D eigenvalue weighted by Crippen LogP contribution is -2.25. The molecule has 0 amide bonds. The fourth-order valence-corrected chi connectivity index (χ4v) is 3.34. The van der Waals surface area contributed by atoms with Crippen molar-refractivity contribution in [2.24, 2.45) is 0 Å². The first kappa shape index (κ1) is 14.0. The Morgan fingerprint density at radius 3 is 2.53 bits per heavy atom. The number of sulfonamides is 1. The van der Waals surface area contributed by atoms with E-state index in [1.165, 1.54) is 12.1 Å². The normalized spacial score (nSPS) is 11.4. The van der Waals surface area contributed by atoms with Gasteiger partial charge in [0, 0.05) is 11.4 Å². The quantitative estimate of drug-likeness (QED) is 0.890. The van der Waals surface area contributed by atoms with E-state index in [4.69, 9.17) is 4.74 Å². The molecule has 1 heterocycles. The highest BCUT2D eigenvalue weighted by Crippen LogP contribution is 2.15. The van der Waals surface area contributed by atoms with E-state index in [1.807, 2.05) is 17.5 Å². The molecule has 0 fully saturated rings. The molecule has 0 aliphatic heterocycles. The summed E-state index contributed by atoms with van der Waals surface area (Å²) >= 11 is 1.62. The van der Waals surface area contributed by atoms with Crippen molar-refractivity contribution in [1.82, 2.24) is 4.72 Å². The maximum atomic E-state index is 12.0. The van der Waals surface area contributed by atoms with Gasteiger partial charge in [-0.05, 0) is 42.1 Å². The molecule has 4 nitrogen and oxygen atoms in total. The van der Waals surface area contributed by atoms with Gasteiger partial charge in [-0.1, -0.05) is 6.07 Å². The largest absolute Gasteiger partial charge is 0.497 e. The van der Waals surface area contributed by atoms with Crippen molar-refractivity contribution in [3.63, 3.8) is 0 Å².